The molecule has 0 aromatic heterocycles. The molecule has 0 aromatic rings. The Balaban J connectivity index is -0.000000853. The van der Waals surface area contributed by atoms with E-state index in [1.807, 2.05) is 0 Å². The van der Waals surface area contributed by atoms with Crippen molar-refractivity contribution in [3.05, 3.63) is 0 Å². The van der Waals surface area contributed by atoms with Gasteiger partial charge in [-0.15, -0.1) is 0 Å². The summed E-state index contributed by atoms with van der Waals surface area (Å²) >= 11 is 0. The Hall–Kier alpha value is 4.45. The van der Waals surface area contributed by atoms with E-state index in [4.69, 9.17) is 0 Å². The molecule has 0 aromatic carbocycles. The second-order valence-corrected chi connectivity index (χ2v) is 24.9. The summed E-state index contributed by atoms with van der Waals surface area (Å²) in [6.07, 6.45) is 0. The fourth-order valence-electron chi connectivity index (χ4n) is 1.65. The minimum atomic E-state index is -6.56. The maximum Gasteiger partial charge on any atom is 4.00 e. The van der Waals surface area contributed by atoms with Crippen molar-refractivity contribution in [2.45, 2.75) is 0 Å². The fraction of sp³-hybridized carbons (Fsp3) is 0. The predicted molar refractivity (Wildman–Crippen MR) is 104 cm³/mol. The van der Waals surface area contributed by atoms with Gasteiger partial charge in [-0.05, 0) is 0 Å². The van der Waals surface area contributed by atoms with Crippen LogP contribution in [0.25, 0.3) is 0 Å². The van der Waals surface area contributed by atoms with Gasteiger partial charge in [-0.1, -0.05) is 0 Å². The first-order chi connectivity index (χ1) is 20.5. The first-order valence-electron chi connectivity index (χ1n) is 8.76. The Kier molecular flexibility index (Phi) is 23.3. The summed E-state index contributed by atoms with van der Waals surface area (Å²) in [5, 5.41) is 0. The summed E-state index contributed by atoms with van der Waals surface area (Å²) in [7, 11) is -78.7. The number of hydrogen-bond donors (Lipinski definition) is 0. The van der Waals surface area contributed by atoms with Crippen molar-refractivity contribution in [2.75, 3.05) is 0 Å². The summed E-state index contributed by atoms with van der Waals surface area (Å²) < 4.78 is 167. The molecule has 2 aliphatic heterocycles. The first-order valence-corrected chi connectivity index (χ1v) is 26.3. The van der Waals surface area contributed by atoms with Crippen molar-refractivity contribution in [2.24, 2.45) is 0 Å². The molecule has 51 heavy (non-hydrogen) atoms. The van der Waals surface area contributed by atoms with Crippen LogP contribution >= 0.6 is 93.9 Å². The minimum Gasteiger partial charge on any atom is -0.756 e. The zero-order valence-corrected chi connectivity index (χ0v) is 39.7. The van der Waals surface area contributed by atoms with Crippen molar-refractivity contribution >= 4 is 93.9 Å². The monoisotopic (exact) mass is 1220 g/mol. The topological polar surface area (TPSA) is 592 Å². The SMILES string of the molecule is O=P1([O-])OP(=O)([O-])OP(=O)([O-])OP(=O)([O-])OP(=O)([O-])OP(=O)([O-])O1.O=P1([O-])OP(=O)([O-])OP(=O)([O-])OP(=O)([O-])OP(=O)([O-])OP(=O)([O-])O1.[Zr+4].[Zr+4].[Zr+4]. The fourth-order valence-corrected chi connectivity index (χ4v) is 18.1. The van der Waals surface area contributed by atoms with Crippen LogP contribution in [0.1, 0.15) is 0 Å². The molecule has 288 valence electrons. The van der Waals surface area contributed by atoms with E-state index in [0.717, 1.165) is 0 Å². The van der Waals surface area contributed by atoms with Crippen LogP contribution < -0.4 is 58.7 Å². The molecule has 2 heterocycles. The molecule has 36 nitrogen and oxygen atoms in total. The molecule has 2 rings (SSSR count). The van der Waals surface area contributed by atoms with Gasteiger partial charge in [0.1, 0.15) is 0 Å². The summed E-state index contributed by atoms with van der Waals surface area (Å²) in [5.74, 6) is 0. The summed E-state index contributed by atoms with van der Waals surface area (Å²) in [6.45, 7) is 0. The Labute approximate surface area is 335 Å². The number of phosphoric acid groups is 12. The molecule has 0 atom stereocenters. The average molecular weight is 1220 g/mol. The van der Waals surface area contributed by atoms with E-state index in [2.05, 4.69) is 51.7 Å². The Morgan fingerprint density at radius 2 is 0.216 bits per heavy atom. The minimum absolute atomic E-state index is 0. The molecule has 2 aliphatic rings. The molecule has 51 heteroatoms. The molecule has 0 saturated carbocycles. The maximum atomic E-state index is 11.0. The van der Waals surface area contributed by atoms with Crippen molar-refractivity contribution in [3.63, 3.8) is 0 Å². The van der Waals surface area contributed by atoms with Crippen LogP contribution in [0, 0.1) is 0 Å². The van der Waals surface area contributed by atoms with Gasteiger partial charge in [0.25, 0.3) is 93.9 Å². The van der Waals surface area contributed by atoms with Gasteiger partial charge in [-0.3, -0.25) is 54.8 Å². The van der Waals surface area contributed by atoms with E-state index < -0.39 is 93.9 Å². The number of hydrogen-bond acceptors (Lipinski definition) is 36. The quantitative estimate of drug-likeness (QED) is 0.204. The second-order valence-electron chi connectivity index (χ2n) is 6.35. The number of rotatable bonds is 0. The standard InChI is InChI=1S/2H6O18P6.3Zr/c2*1-19(2)13-20(3,4)15-22(7,8)17-24(11,12)18-23(9,10)16-21(5,6)14-19;;;/h2*(H,1,2)(H,3,4)(H,5,6)(H,7,8)(H,9,10)(H,11,12);;;/q;;3*+4/p-12. The van der Waals surface area contributed by atoms with Crippen molar-refractivity contribution in [3.8, 4) is 0 Å². The van der Waals surface area contributed by atoms with Gasteiger partial charge in [0.2, 0.25) is 0 Å². The molecule has 0 spiro atoms. The first kappa shape index (κ1) is 59.8. The van der Waals surface area contributed by atoms with Gasteiger partial charge >= 0.3 is 78.6 Å². The maximum absolute atomic E-state index is 11.0. The van der Waals surface area contributed by atoms with E-state index in [0.29, 0.717) is 0 Å². The molecule has 2 saturated heterocycles. The van der Waals surface area contributed by atoms with E-state index >= 15 is 0 Å². The molecule has 0 unspecified atom stereocenters. The third-order valence-electron chi connectivity index (χ3n) is 2.40. The summed E-state index contributed by atoms with van der Waals surface area (Å²) in [6, 6.07) is 0. The molecule has 0 radical (unpaired) electrons. The van der Waals surface area contributed by atoms with Gasteiger partial charge in [0.05, 0.1) is 0 Å². The van der Waals surface area contributed by atoms with Gasteiger partial charge in [-0.25, -0.2) is 51.7 Å². The van der Waals surface area contributed by atoms with Crippen LogP contribution in [0.5, 0.6) is 0 Å². The molecular weight excluding hydrogens is 1220 g/mol. The van der Waals surface area contributed by atoms with Gasteiger partial charge in [0.15, 0.2) is 0 Å². The van der Waals surface area contributed by atoms with E-state index in [-0.39, 0.29) is 78.6 Å². The van der Waals surface area contributed by atoms with Crippen LogP contribution in [0.4, 0.5) is 0 Å². The molecule has 0 amide bonds. The summed E-state index contributed by atoms with van der Waals surface area (Å²) in [5.41, 5.74) is 0. The zero-order valence-electron chi connectivity index (χ0n) is 21.6. The Morgan fingerprint density at radius 3 is 0.255 bits per heavy atom. The average Bonchev–Trinajstić information content (AvgIpc) is 2.52. The van der Waals surface area contributed by atoms with E-state index in [1.54, 1.807) is 0 Å². The van der Waals surface area contributed by atoms with E-state index in [9.17, 15) is 114 Å². The normalized spacial score (nSPS) is 52.0. The van der Waals surface area contributed by atoms with Crippen molar-refractivity contribution in [1.82, 2.24) is 0 Å². The van der Waals surface area contributed by atoms with Crippen LogP contribution in [0.15, 0.2) is 0 Å². The van der Waals surface area contributed by atoms with Crippen molar-refractivity contribution in [1.29, 1.82) is 0 Å². The van der Waals surface area contributed by atoms with Gasteiger partial charge in [-0.2, -0.15) is 0 Å². The third kappa shape index (κ3) is 25.6. The molecule has 0 bridgehead atoms. The zero-order chi connectivity index (χ0) is 38.5. The molecular formula is O36P12Zr3. The Bertz CT molecular complexity index is 1300. The molecule has 0 N–H and O–H groups in total. The van der Waals surface area contributed by atoms with Gasteiger partial charge in [0, 0.05) is 0 Å². The van der Waals surface area contributed by atoms with Crippen LogP contribution in [0.3, 0.4) is 0 Å². The van der Waals surface area contributed by atoms with Crippen LogP contribution in [0.2, 0.25) is 0 Å². The smallest absolute Gasteiger partial charge is 0.756 e. The summed E-state index contributed by atoms with van der Waals surface area (Å²) in [4.78, 5) is 132. The molecule has 2 fully saturated rings. The van der Waals surface area contributed by atoms with Crippen LogP contribution in [-0.2, 0) is 185 Å². The Morgan fingerprint density at radius 1 is 0.176 bits per heavy atom. The van der Waals surface area contributed by atoms with Crippen molar-refractivity contribution < 1.29 is 244 Å². The largest absolute Gasteiger partial charge is 4.00 e. The molecule has 0 aliphatic carbocycles. The predicted octanol–water partition coefficient (Wildman–Crippen LogP) is -6.19. The van der Waals surface area contributed by atoms with Crippen LogP contribution in [-0.4, -0.2) is 0 Å². The van der Waals surface area contributed by atoms with E-state index in [1.165, 1.54) is 0 Å². The van der Waals surface area contributed by atoms with Gasteiger partial charge < -0.3 is 58.7 Å². The third-order valence-corrected chi connectivity index (χ3v) is 21.6. The second kappa shape index (κ2) is 19.9.